The van der Waals surface area contributed by atoms with Gasteiger partial charge >= 0.3 is 0 Å². The van der Waals surface area contributed by atoms with Gasteiger partial charge in [0.05, 0.1) is 6.67 Å². The molecule has 4 heterocycles. The lowest BCUT2D eigenvalue weighted by Crippen LogP contribution is -2.36. The van der Waals surface area contributed by atoms with Crippen LogP contribution in [0.4, 0.5) is 0 Å². The fourth-order valence-corrected chi connectivity index (χ4v) is 5.21. The topological polar surface area (TPSA) is 26.0 Å². The summed E-state index contributed by atoms with van der Waals surface area (Å²) in [5.41, 5.74) is 1.52. The number of nitrogens with zero attached hydrogens (tertiary/aromatic N) is 4. The molecule has 0 unspecified atom stereocenters. The summed E-state index contributed by atoms with van der Waals surface area (Å²) in [5, 5.41) is 7.09. The van der Waals surface area contributed by atoms with Gasteiger partial charge in [-0.1, -0.05) is 13.3 Å². The lowest BCUT2D eigenvalue weighted by Gasteiger charge is -2.35. The van der Waals surface area contributed by atoms with Crippen LogP contribution in [0, 0.1) is 4.77 Å². The van der Waals surface area contributed by atoms with E-state index >= 15 is 0 Å². The molecular weight excluding hydrogens is 324 g/mol. The fraction of sp³-hybridized carbons (Fsp3) is 0.647. The van der Waals surface area contributed by atoms with Gasteiger partial charge in [0.15, 0.2) is 4.77 Å². The molecule has 2 aromatic rings. The highest BCUT2D eigenvalue weighted by Crippen LogP contribution is 2.35. The van der Waals surface area contributed by atoms with Crippen molar-refractivity contribution >= 4 is 23.6 Å². The van der Waals surface area contributed by atoms with E-state index in [0.29, 0.717) is 6.04 Å². The number of hydrogen-bond acceptors (Lipinski definition) is 4. The first kappa shape index (κ1) is 15.5. The largest absolute Gasteiger partial charge is 0.304 e. The first-order valence-corrected chi connectivity index (χ1v) is 10.0. The minimum atomic E-state index is 0.508. The Hall–Kier alpha value is -0.980. The van der Waals surface area contributed by atoms with Crippen molar-refractivity contribution in [3.63, 3.8) is 0 Å². The van der Waals surface area contributed by atoms with Gasteiger partial charge in [-0.2, -0.15) is 5.10 Å². The Balaban J connectivity index is 1.60. The Bertz CT molecular complexity index is 742. The van der Waals surface area contributed by atoms with Crippen LogP contribution < -0.4 is 0 Å². The summed E-state index contributed by atoms with van der Waals surface area (Å²) in [7, 11) is 0. The summed E-state index contributed by atoms with van der Waals surface area (Å²) in [4.78, 5) is 4.12. The Morgan fingerprint density at radius 3 is 3.04 bits per heavy atom. The maximum absolute atomic E-state index is 5.72. The van der Waals surface area contributed by atoms with Crippen molar-refractivity contribution in [1.82, 2.24) is 19.2 Å². The molecule has 0 saturated carbocycles. The normalized spacial score (nSPS) is 21.7. The van der Waals surface area contributed by atoms with E-state index in [1.165, 1.54) is 30.7 Å². The predicted octanol–water partition coefficient (Wildman–Crippen LogP) is 4.17. The monoisotopic (exact) mass is 348 g/mol. The minimum Gasteiger partial charge on any atom is -0.304 e. The number of aryl methyl sites for hydroxylation is 1. The summed E-state index contributed by atoms with van der Waals surface area (Å²) in [6.07, 6.45) is 7.14. The highest BCUT2D eigenvalue weighted by atomic mass is 32.1. The van der Waals surface area contributed by atoms with Crippen LogP contribution in [-0.4, -0.2) is 25.8 Å². The van der Waals surface area contributed by atoms with Crippen molar-refractivity contribution in [1.29, 1.82) is 0 Å². The highest BCUT2D eigenvalue weighted by molar-refractivity contribution is 7.71. The molecule has 2 aliphatic heterocycles. The zero-order valence-corrected chi connectivity index (χ0v) is 15.3. The molecule has 2 aromatic heterocycles. The molecule has 0 spiro atoms. The zero-order chi connectivity index (χ0) is 15.8. The second-order valence-electron chi connectivity index (χ2n) is 6.59. The van der Waals surface area contributed by atoms with Gasteiger partial charge in [0.1, 0.15) is 5.82 Å². The van der Waals surface area contributed by atoms with Crippen molar-refractivity contribution in [2.45, 2.75) is 64.7 Å². The van der Waals surface area contributed by atoms with Gasteiger partial charge in [0, 0.05) is 30.4 Å². The Morgan fingerprint density at radius 2 is 2.17 bits per heavy atom. The average Bonchev–Trinajstić information content (AvgIpc) is 3.06. The van der Waals surface area contributed by atoms with Crippen LogP contribution in [0.25, 0.3) is 0 Å². The molecule has 4 rings (SSSR count). The van der Waals surface area contributed by atoms with Gasteiger partial charge in [0.2, 0.25) is 0 Å². The van der Waals surface area contributed by atoms with E-state index in [2.05, 4.69) is 32.5 Å². The molecule has 0 aromatic carbocycles. The molecule has 6 heteroatoms. The van der Waals surface area contributed by atoms with Crippen molar-refractivity contribution in [2.24, 2.45) is 0 Å². The molecule has 1 atom stereocenters. The summed E-state index contributed by atoms with van der Waals surface area (Å²) < 4.78 is 5.24. The number of rotatable bonds is 3. The van der Waals surface area contributed by atoms with Gasteiger partial charge in [-0.15, -0.1) is 11.3 Å². The third-order valence-electron chi connectivity index (χ3n) is 5.19. The van der Waals surface area contributed by atoms with Crippen molar-refractivity contribution < 1.29 is 0 Å². The first-order valence-electron chi connectivity index (χ1n) is 8.74. The highest BCUT2D eigenvalue weighted by Gasteiger charge is 2.27. The number of fused-ring (bicyclic) bond motifs is 2. The SMILES string of the molecule is CC[C@@H]1c2ccsc2CCN1Cn1nc2n(c1=S)CCCCC2. The molecule has 23 heavy (non-hydrogen) atoms. The lowest BCUT2D eigenvalue weighted by atomic mass is 9.98. The Kier molecular flexibility index (Phi) is 4.39. The minimum absolute atomic E-state index is 0.508. The lowest BCUT2D eigenvalue weighted by molar-refractivity contribution is 0.129. The summed E-state index contributed by atoms with van der Waals surface area (Å²) in [5.74, 6) is 1.19. The predicted molar refractivity (Wildman–Crippen MR) is 96.4 cm³/mol. The summed E-state index contributed by atoms with van der Waals surface area (Å²) >= 11 is 7.62. The molecule has 0 aliphatic carbocycles. The second kappa shape index (κ2) is 6.49. The van der Waals surface area contributed by atoms with Crippen LogP contribution in [0.5, 0.6) is 0 Å². The van der Waals surface area contributed by atoms with E-state index in [-0.39, 0.29) is 0 Å². The Labute approximate surface area is 146 Å². The van der Waals surface area contributed by atoms with E-state index in [9.17, 15) is 0 Å². The van der Waals surface area contributed by atoms with E-state index in [1.807, 2.05) is 11.3 Å². The molecule has 124 valence electrons. The van der Waals surface area contributed by atoms with Crippen LogP contribution in [0.1, 0.15) is 54.9 Å². The van der Waals surface area contributed by atoms with Gasteiger partial charge in [-0.25, -0.2) is 4.68 Å². The first-order chi connectivity index (χ1) is 11.3. The molecule has 2 aliphatic rings. The standard InChI is InChI=1S/C17H24N4S2/c1-2-14-13-8-11-23-15(13)7-10-19(14)12-21-17(22)20-9-5-3-4-6-16(20)18-21/h8,11,14H,2-7,9-10,12H2,1H3/t14-/m1/s1. The number of hydrogen-bond donors (Lipinski definition) is 0. The van der Waals surface area contributed by atoms with Crippen molar-refractivity contribution in [3.05, 3.63) is 32.5 Å². The maximum Gasteiger partial charge on any atom is 0.199 e. The molecule has 0 amide bonds. The van der Waals surface area contributed by atoms with Crippen LogP contribution in [0.3, 0.4) is 0 Å². The van der Waals surface area contributed by atoms with Crippen LogP contribution in [0.2, 0.25) is 0 Å². The van der Waals surface area contributed by atoms with Crippen LogP contribution in [0.15, 0.2) is 11.4 Å². The molecule has 0 bridgehead atoms. The zero-order valence-electron chi connectivity index (χ0n) is 13.7. The van der Waals surface area contributed by atoms with E-state index in [0.717, 1.165) is 43.8 Å². The maximum atomic E-state index is 5.72. The quantitative estimate of drug-likeness (QED) is 0.779. The van der Waals surface area contributed by atoms with Crippen molar-refractivity contribution in [3.8, 4) is 0 Å². The van der Waals surface area contributed by atoms with Crippen molar-refractivity contribution in [2.75, 3.05) is 6.54 Å². The summed E-state index contributed by atoms with van der Waals surface area (Å²) in [6, 6.07) is 2.82. The van der Waals surface area contributed by atoms with Gasteiger partial charge < -0.3 is 4.57 Å². The average molecular weight is 349 g/mol. The molecule has 0 saturated heterocycles. The van der Waals surface area contributed by atoms with Gasteiger partial charge in [0.25, 0.3) is 0 Å². The number of aromatic nitrogens is 3. The van der Waals surface area contributed by atoms with Crippen LogP contribution >= 0.6 is 23.6 Å². The van der Waals surface area contributed by atoms with Crippen LogP contribution in [-0.2, 0) is 26.1 Å². The van der Waals surface area contributed by atoms with Gasteiger partial charge in [-0.05, 0) is 54.9 Å². The number of thiophene rings is 1. The molecular formula is C17H24N4S2. The van der Waals surface area contributed by atoms with E-state index in [1.54, 1.807) is 4.88 Å². The smallest absolute Gasteiger partial charge is 0.199 e. The summed E-state index contributed by atoms with van der Waals surface area (Å²) in [6.45, 7) is 5.26. The molecule has 0 fully saturated rings. The Morgan fingerprint density at radius 1 is 1.26 bits per heavy atom. The van der Waals surface area contributed by atoms with E-state index in [4.69, 9.17) is 17.3 Å². The second-order valence-corrected chi connectivity index (χ2v) is 7.95. The third-order valence-corrected chi connectivity index (χ3v) is 6.62. The van der Waals surface area contributed by atoms with E-state index < -0.39 is 0 Å². The van der Waals surface area contributed by atoms with Gasteiger partial charge in [-0.3, -0.25) is 4.90 Å². The third kappa shape index (κ3) is 2.81. The molecule has 4 nitrogen and oxygen atoms in total. The molecule has 0 N–H and O–H groups in total. The fourth-order valence-electron chi connectivity index (χ4n) is 3.99. The molecule has 0 radical (unpaired) electrons.